The molecule has 2 atom stereocenters. The molecule has 0 aliphatic heterocycles. The maximum absolute atomic E-state index is 12.5. The molecule has 0 heterocycles. The average molecular weight is 434 g/mol. The summed E-state index contributed by atoms with van der Waals surface area (Å²) in [5.41, 5.74) is 5.17. The Hall–Kier alpha value is -3.51. The highest BCUT2D eigenvalue weighted by atomic mass is 16.5. The van der Waals surface area contributed by atoms with E-state index in [2.05, 4.69) is 29.6 Å². The molecule has 0 radical (unpaired) electrons. The molecule has 3 aromatic rings. The third kappa shape index (κ3) is 4.14. The van der Waals surface area contributed by atoms with Gasteiger partial charge >= 0.3 is 6.09 Å². The standard InChI is InChI=1S/C26H27NO5/c1-16(25(28)22-14-17(30-2)12-13-24(22)31-3)27-26(29)32-15-23-20-10-6-4-8-18(20)19-9-5-7-11-21(19)23/h4-14,16,23,25,28H,15H2,1-3H3,(H,27,29). The van der Waals surface area contributed by atoms with Crippen LogP contribution in [-0.2, 0) is 4.74 Å². The maximum atomic E-state index is 12.5. The Labute approximate surface area is 187 Å². The Balaban J connectivity index is 1.43. The first-order valence-electron chi connectivity index (χ1n) is 10.5. The molecule has 32 heavy (non-hydrogen) atoms. The van der Waals surface area contributed by atoms with Gasteiger partial charge in [0.2, 0.25) is 0 Å². The second kappa shape index (κ2) is 9.32. The summed E-state index contributed by atoms with van der Waals surface area (Å²) in [5.74, 6) is 1.08. The number of rotatable bonds is 7. The van der Waals surface area contributed by atoms with Crippen LogP contribution in [0.3, 0.4) is 0 Å². The van der Waals surface area contributed by atoms with Crippen molar-refractivity contribution in [3.05, 3.63) is 83.4 Å². The number of methoxy groups -OCH3 is 2. The molecule has 6 heteroatoms. The van der Waals surface area contributed by atoms with Crippen LogP contribution in [0, 0.1) is 0 Å². The molecule has 0 spiro atoms. The number of benzene rings is 3. The molecule has 0 saturated heterocycles. The number of carbonyl (C=O) groups excluding carboxylic acids is 1. The monoisotopic (exact) mass is 433 g/mol. The van der Waals surface area contributed by atoms with Crippen molar-refractivity contribution in [2.75, 3.05) is 20.8 Å². The highest BCUT2D eigenvalue weighted by molar-refractivity contribution is 5.79. The van der Waals surface area contributed by atoms with E-state index in [0.717, 1.165) is 11.1 Å². The van der Waals surface area contributed by atoms with Crippen LogP contribution >= 0.6 is 0 Å². The van der Waals surface area contributed by atoms with Gasteiger partial charge in [0, 0.05) is 11.5 Å². The Bertz CT molecular complexity index is 1070. The van der Waals surface area contributed by atoms with Crippen molar-refractivity contribution < 1.29 is 24.1 Å². The Morgan fingerprint density at radius 3 is 2.19 bits per heavy atom. The van der Waals surface area contributed by atoms with Gasteiger partial charge in [0.15, 0.2) is 0 Å². The summed E-state index contributed by atoms with van der Waals surface area (Å²) in [6, 6.07) is 20.9. The van der Waals surface area contributed by atoms with Crippen LogP contribution in [0.15, 0.2) is 66.7 Å². The zero-order chi connectivity index (χ0) is 22.7. The smallest absolute Gasteiger partial charge is 0.407 e. The quantitative estimate of drug-likeness (QED) is 0.567. The van der Waals surface area contributed by atoms with Crippen LogP contribution < -0.4 is 14.8 Å². The molecular weight excluding hydrogens is 406 g/mol. The van der Waals surface area contributed by atoms with E-state index < -0.39 is 18.2 Å². The first kappa shape index (κ1) is 21.7. The van der Waals surface area contributed by atoms with Crippen molar-refractivity contribution in [1.29, 1.82) is 0 Å². The number of fused-ring (bicyclic) bond motifs is 3. The normalized spacial score (nSPS) is 14.1. The van der Waals surface area contributed by atoms with Crippen molar-refractivity contribution in [2.24, 2.45) is 0 Å². The zero-order valence-electron chi connectivity index (χ0n) is 18.4. The summed E-state index contributed by atoms with van der Waals surface area (Å²) in [6.45, 7) is 1.93. The van der Waals surface area contributed by atoms with Crippen LogP contribution in [-0.4, -0.2) is 38.1 Å². The van der Waals surface area contributed by atoms with E-state index in [1.165, 1.54) is 18.2 Å². The molecule has 0 saturated carbocycles. The van der Waals surface area contributed by atoms with Gasteiger partial charge in [-0.2, -0.15) is 0 Å². The number of aliphatic hydroxyl groups is 1. The molecule has 2 unspecified atom stereocenters. The Morgan fingerprint density at radius 2 is 1.59 bits per heavy atom. The molecular formula is C26H27NO5. The number of nitrogens with one attached hydrogen (secondary N) is 1. The largest absolute Gasteiger partial charge is 0.497 e. The fraction of sp³-hybridized carbons (Fsp3) is 0.269. The molecule has 1 aliphatic carbocycles. The first-order valence-corrected chi connectivity index (χ1v) is 10.5. The third-order valence-electron chi connectivity index (χ3n) is 5.92. The van der Waals surface area contributed by atoms with Crippen LogP contribution in [0.25, 0.3) is 11.1 Å². The van der Waals surface area contributed by atoms with Crippen LogP contribution in [0.4, 0.5) is 4.79 Å². The summed E-state index contributed by atoms with van der Waals surface area (Å²) < 4.78 is 16.2. The molecule has 0 aromatic heterocycles. The van der Waals surface area contributed by atoms with Crippen LogP contribution in [0.5, 0.6) is 11.5 Å². The molecule has 166 valence electrons. The predicted octanol–water partition coefficient (Wildman–Crippen LogP) is 4.66. The van der Waals surface area contributed by atoms with Gasteiger partial charge in [0.05, 0.1) is 20.3 Å². The number of hydrogen-bond acceptors (Lipinski definition) is 5. The predicted molar refractivity (Wildman–Crippen MR) is 122 cm³/mol. The number of ether oxygens (including phenoxy) is 3. The van der Waals surface area contributed by atoms with E-state index in [4.69, 9.17) is 14.2 Å². The number of alkyl carbamates (subject to hydrolysis) is 1. The number of hydrogen-bond donors (Lipinski definition) is 2. The molecule has 0 bridgehead atoms. The minimum Gasteiger partial charge on any atom is -0.497 e. The lowest BCUT2D eigenvalue weighted by atomic mass is 9.98. The Kier molecular flexibility index (Phi) is 6.32. The first-order chi connectivity index (χ1) is 15.5. The summed E-state index contributed by atoms with van der Waals surface area (Å²) in [6.07, 6.45) is -1.58. The van der Waals surface area contributed by atoms with E-state index in [0.29, 0.717) is 17.1 Å². The van der Waals surface area contributed by atoms with Crippen molar-refractivity contribution in [2.45, 2.75) is 25.0 Å². The van der Waals surface area contributed by atoms with Gasteiger partial charge in [0.25, 0.3) is 0 Å². The van der Waals surface area contributed by atoms with E-state index in [9.17, 15) is 9.90 Å². The van der Waals surface area contributed by atoms with Gasteiger partial charge < -0.3 is 24.6 Å². The lowest BCUT2D eigenvalue weighted by molar-refractivity contribution is 0.107. The second-order valence-electron chi connectivity index (χ2n) is 7.81. The fourth-order valence-corrected chi connectivity index (χ4v) is 4.24. The molecule has 6 nitrogen and oxygen atoms in total. The van der Waals surface area contributed by atoms with Gasteiger partial charge in [-0.3, -0.25) is 0 Å². The maximum Gasteiger partial charge on any atom is 0.407 e. The topological polar surface area (TPSA) is 77.0 Å². The van der Waals surface area contributed by atoms with Crippen LogP contribution in [0.1, 0.15) is 35.6 Å². The van der Waals surface area contributed by atoms with Crippen molar-refractivity contribution in [3.8, 4) is 22.6 Å². The molecule has 1 amide bonds. The average Bonchev–Trinajstić information content (AvgIpc) is 3.15. The molecule has 2 N–H and O–H groups in total. The summed E-state index contributed by atoms with van der Waals surface area (Å²) in [5, 5.41) is 13.5. The fourth-order valence-electron chi connectivity index (χ4n) is 4.24. The minimum atomic E-state index is -1.000. The number of aliphatic hydroxyl groups excluding tert-OH is 1. The van der Waals surface area contributed by atoms with E-state index in [-0.39, 0.29) is 12.5 Å². The number of carbonyl (C=O) groups is 1. The summed E-state index contributed by atoms with van der Waals surface area (Å²) >= 11 is 0. The molecule has 4 rings (SSSR count). The Morgan fingerprint density at radius 1 is 0.969 bits per heavy atom. The van der Waals surface area contributed by atoms with E-state index in [1.807, 2.05) is 24.3 Å². The van der Waals surface area contributed by atoms with Crippen LogP contribution in [0.2, 0.25) is 0 Å². The number of amides is 1. The van der Waals surface area contributed by atoms with E-state index >= 15 is 0 Å². The summed E-state index contributed by atoms with van der Waals surface area (Å²) in [7, 11) is 3.08. The molecule has 1 aliphatic rings. The highest BCUT2D eigenvalue weighted by Gasteiger charge is 2.29. The lowest BCUT2D eigenvalue weighted by Crippen LogP contribution is -2.38. The van der Waals surface area contributed by atoms with Gasteiger partial charge in [0.1, 0.15) is 24.2 Å². The van der Waals surface area contributed by atoms with Gasteiger partial charge in [-0.15, -0.1) is 0 Å². The zero-order valence-corrected chi connectivity index (χ0v) is 18.4. The van der Waals surface area contributed by atoms with Crippen molar-refractivity contribution in [3.63, 3.8) is 0 Å². The highest BCUT2D eigenvalue weighted by Crippen LogP contribution is 2.44. The van der Waals surface area contributed by atoms with Gasteiger partial charge in [-0.1, -0.05) is 48.5 Å². The summed E-state index contributed by atoms with van der Waals surface area (Å²) in [4.78, 5) is 12.5. The molecule has 3 aromatic carbocycles. The van der Waals surface area contributed by atoms with Gasteiger partial charge in [-0.25, -0.2) is 4.79 Å². The SMILES string of the molecule is COc1ccc(OC)c(C(O)C(C)NC(=O)OCC2c3ccccc3-c3ccccc32)c1. The third-order valence-corrected chi connectivity index (χ3v) is 5.92. The van der Waals surface area contributed by atoms with Crippen molar-refractivity contribution in [1.82, 2.24) is 5.32 Å². The lowest BCUT2D eigenvalue weighted by Gasteiger charge is -2.23. The second-order valence-corrected chi connectivity index (χ2v) is 7.81. The van der Waals surface area contributed by atoms with E-state index in [1.54, 1.807) is 32.2 Å². The van der Waals surface area contributed by atoms with Crippen molar-refractivity contribution >= 4 is 6.09 Å². The minimum absolute atomic E-state index is 0.0214. The van der Waals surface area contributed by atoms with Gasteiger partial charge in [-0.05, 0) is 47.4 Å². The molecule has 0 fully saturated rings.